The van der Waals surface area contributed by atoms with Crippen molar-refractivity contribution in [3.05, 3.63) is 27.7 Å². The van der Waals surface area contributed by atoms with Gasteiger partial charge in [0.25, 0.3) is 0 Å². The molecular formula is C10H8Cl2N2OS. The normalized spacial score (nSPS) is 10.4. The zero-order chi connectivity index (χ0) is 11.7. The fourth-order valence-corrected chi connectivity index (χ4v) is 2.35. The van der Waals surface area contributed by atoms with Crippen LogP contribution in [0.5, 0.6) is 5.75 Å². The maximum atomic E-state index is 6.11. The predicted molar refractivity (Wildman–Crippen MR) is 68.5 cm³/mol. The Labute approximate surface area is 107 Å². The van der Waals surface area contributed by atoms with Crippen LogP contribution in [0, 0.1) is 0 Å². The van der Waals surface area contributed by atoms with Crippen LogP contribution < -0.4 is 10.5 Å². The van der Waals surface area contributed by atoms with E-state index in [0.29, 0.717) is 32.1 Å². The molecular weight excluding hydrogens is 267 g/mol. The number of aromatic nitrogens is 1. The van der Waals surface area contributed by atoms with Gasteiger partial charge in [0, 0.05) is 11.6 Å². The molecule has 0 spiro atoms. The summed E-state index contributed by atoms with van der Waals surface area (Å²) < 4.78 is 5.06. The number of anilines is 1. The Morgan fingerprint density at radius 1 is 1.31 bits per heavy atom. The molecule has 2 rings (SSSR count). The summed E-state index contributed by atoms with van der Waals surface area (Å²) in [5.74, 6) is 0.532. The van der Waals surface area contributed by atoms with E-state index in [0.717, 1.165) is 0 Å². The van der Waals surface area contributed by atoms with E-state index in [2.05, 4.69) is 4.98 Å². The fraction of sp³-hybridized carbons (Fsp3) is 0.100. The smallest absolute Gasteiger partial charge is 0.138 e. The highest BCUT2D eigenvalue weighted by molar-refractivity contribution is 7.14. The molecule has 0 bridgehead atoms. The van der Waals surface area contributed by atoms with Gasteiger partial charge < -0.3 is 10.5 Å². The van der Waals surface area contributed by atoms with Gasteiger partial charge in [0.15, 0.2) is 0 Å². The molecule has 2 N–H and O–H groups in total. The van der Waals surface area contributed by atoms with Crippen molar-refractivity contribution in [3.63, 3.8) is 0 Å². The fourth-order valence-electron chi connectivity index (χ4n) is 1.32. The molecule has 2 aromatic rings. The molecule has 0 fully saturated rings. The maximum Gasteiger partial charge on any atom is 0.138 e. The molecule has 0 saturated heterocycles. The molecule has 0 unspecified atom stereocenters. The lowest BCUT2D eigenvalue weighted by atomic mass is 10.1. The van der Waals surface area contributed by atoms with Crippen LogP contribution in [0.15, 0.2) is 17.6 Å². The van der Waals surface area contributed by atoms with Crippen molar-refractivity contribution in [3.8, 4) is 17.0 Å². The van der Waals surface area contributed by atoms with E-state index in [4.69, 9.17) is 33.7 Å². The number of hydrogen-bond acceptors (Lipinski definition) is 4. The zero-order valence-electron chi connectivity index (χ0n) is 8.33. The minimum absolute atomic E-state index is 0.481. The van der Waals surface area contributed by atoms with E-state index in [1.54, 1.807) is 17.6 Å². The maximum absolute atomic E-state index is 6.11. The van der Waals surface area contributed by atoms with Crippen LogP contribution in [0.25, 0.3) is 11.3 Å². The molecule has 1 heterocycles. The van der Waals surface area contributed by atoms with Gasteiger partial charge in [-0.2, -0.15) is 0 Å². The van der Waals surface area contributed by atoms with Gasteiger partial charge in [0.05, 0.1) is 22.7 Å². The SMILES string of the molecule is COc1cc(Cl)c(-c2ncsc2N)cc1Cl. The lowest BCUT2D eigenvalue weighted by Crippen LogP contribution is -1.89. The van der Waals surface area contributed by atoms with Crippen LogP contribution in [0.3, 0.4) is 0 Å². The van der Waals surface area contributed by atoms with Crippen molar-refractivity contribution < 1.29 is 4.74 Å². The largest absolute Gasteiger partial charge is 0.495 e. The Balaban J connectivity index is 2.59. The lowest BCUT2D eigenvalue weighted by Gasteiger charge is -2.07. The van der Waals surface area contributed by atoms with Crippen molar-refractivity contribution in [2.24, 2.45) is 0 Å². The van der Waals surface area contributed by atoms with Crippen LogP contribution in [0.2, 0.25) is 10.0 Å². The Morgan fingerprint density at radius 3 is 2.62 bits per heavy atom. The topological polar surface area (TPSA) is 48.1 Å². The van der Waals surface area contributed by atoms with Crippen molar-refractivity contribution in [2.75, 3.05) is 12.8 Å². The molecule has 0 radical (unpaired) electrons. The third-order valence-electron chi connectivity index (χ3n) is 2.09. The monoisotopic (exact) mass is 274 g/mol. The molecule has 6 heteroatoms. The Morgan fingerprint density at radius 2 is 2.06 bits per heavy atom. The number of methoxy groups -OCH3 is 1. The third kappa shape index (κ3) is 1.96. The first-order chi connectivity index (χ1) is 7.63. The standard InChI is InChI=1S/C10H8Cl2N2OS/c1-15-8-3-6(11)5(2-7(8)12)9-10(13)16-4-14-9/h2-4H,13H2,1H3. The third-order valence-corrected chi connectivity index (χ3v) is 3.36. The summed E-state index contributed by atoms with van der Waals surface area (Å²) in [5, 5.41) is 1.61. The second-order valence-corrected chi connectivity index (χ2v) is 4.73. The number of nitrogens with zero attached hydrogens (tertiary/aromatic N) is 1. The average Bonchev–Trinajstić information content (AvgIpc) is 2.67. The van der Waals surface area contributed by atoms with Crippen molar-refractivity contribution >= 4 is 39.5 Å². The van der Waals surface area contributed by atoms with E-state index in [-0.39, 0.29) is 0 Å². The van der Waals surface area contributed by atoms with E-state index < -0.39 is 0 Å². The Hall–Kier alpha value is -0.970. The molecule has 1 aromatic heterocycles. The number of thiazole rings is 1. The Bertz CT molecular complexity index is 528. The zero-order valence-corrected chi connectivity index (χ0v) is 10.7. The number of nitrogens with two attached hydrogens (primary N) is 1. The molecule has 0 aliphatic rings. The van der Waals surface area contributed by atoms with Gasteiger partial charge in [0.2, 0.25) is 0 Å². The van der Waals surface area contributed by atoms with Gasteiger partial charge in [0.1, 0.15) is 16.4 Å². The minimum Gasteiger partial charge on any atom is -0.495 e. The summed E-state index contributed by atoms with van der Waals surface area (Å²) in [6.07, 6.45) is 0. The number of benzene rings is 1. The second-order valence-electron chi connectivity index (χ2n) is 3.03. The molecule has 0 atom stereocenters. The number of nitrogen functional groups attached to an aromatic ring is 1. The van der Waals surface area contributed by atoms with Crippen molar-refractivity contribution in [1.82, 2.24) is 4.98 Å². The van der Waals surface area contributed by atoms with E-state index in [1.807, 2.05) is 0 Å². The molecule has 0 amide bonds. The van der Waals surface area contributed by atoms with Gasteiger partial charge in [-0.1, -0.05) is 23.2 Å². The predicted octanol–water partition coefficient (Wildman–Crippen LogP) is 3.71. The highest BCUT2D eigenvalue weighted by Gasteiger charge is 2.13. The highest BCUT2D eigenvalue weighted by Crippen LogP contribution is 2.38. The summed E-state index contributed by atoms with van der Waals surface area (Å²) in [4.78, 5) is 4.15. The summed E-state index contributed by atoms with van der Waals surface area (Å²) in [6, 6.07) is 3.35. The van der Waals surface area contributed by atoms with Crippen molar-refractivity contribution in [1.29, 1.82) is 0 Å². The highest BCUT2D eigenvalue weighted by atomic mass is 35.5. The van der Waals surface area contributed by atoms with Crippen LogP contribution in [0.4, 0.5) is 5.00 Å². The van der Waals surface area contributed by atoms with Crippen LogP contribution >= 0.6 is 34.5 Å². The molecule has 0 saturated carbocycles. The van der Waals surface area contributed by atoms with Crippen LogP contribution in [-0.4, -0.2) is 12.1 Å². The number of rotatable bonds is 2. The lowest BCUT2D eigenvalue weighted by molar-refractivity contribution is 0.415. The van der Waals surface area contributed by atoms with Crippen molar-refractivity contribution in [2.45, 2.75) is 0 Å². The first-order valence-corrected chi connectivity index (χ1v) is 5.99. The minimum atomic E-state index is 0.481. The Kier molecular flexibility index (Phi) is 3.23. The molecule has 16 heavy (non-hydrogen) atoms. The molecule has 0 aliphatic heterocycles. The van der Waals surface area contributed by atoms with Crippen LogP contribution in [0.1, 0.15) is 0 Å². The second kappa shape index (κ2) is 4.49. The number of hydrogen-bond donors (Lipinski definition) is 1. The van der Waals surface area contributed by atoms with E-state index in [9.17, 15) is 0 Å². The quantitative estimate of drug-likeness (QED) is 0.908. The van der Waals surface area contributed by atoms with Gasteiger partial charge in [-0.05, 0) is 6.07 Å². The number of ether oxygens (including phenoxy) is 1. The molecule has 84 valence electrons. The van der Waals surface area contributed by atoms with Gasteiger partial charge in [-0.25, -0.2) is 4.98 Å². The summed E-state index contributed by atoms with van der Waals surface area (Å²) in [7, 11) is 1.54. The summed E-state index contributed by atoms with van der Waals surface area (Å²) in [6.45, 7) is 0. The first-order valence-electron chi connectivity index (χ1n) is 4.36. The molecule has 1 aromatic carbocycles. The number of halogens is 2. The average molecular weight is 275 g/mol. The summed E-state index contributed by atoms with van der Waals surface area (Å²) >= 11 is 13.5. The molecule has 0 aliphatic carbocycles. The summed E-state index contributed by atoms with van der Waals surface area (Å²) in [5.41, 5.74) is 8.82. The van der Waals surface area contributed by atoms with Gasteiger partial charge in [-0.15, -0.1) is 11.3 Å². The molecule has 3 nitrogen and oxygen atoms in total. The van der Waals surface area contributed by atoms with Gasteiger partial charge >= 0.3 is 0 Å². The van der Waals surface area contributed by atoms with E-state index in [1.165, 1.54) is 18.4 Å². The van der Waals surface area contributed by atoms with Crippen LogP contribution in [-0.2, 0) is 0 Å². The first kappa shape index (κ1) is 11.5. The van der Waals surface area contributed by atoms with E-state index >= 15 is 0 Å². The van der Waals surface area contributed by atoms with Gasteiger partial charge in [-0.3, -0.25) is 0 Å².